The number of hydrogen-bond donors (Lipinski definition) is 1. The summed E-state index contributed by atoms with van der Waals surface area (Å²) >= 11 is 1.25. The third-order valence-corrected chi connectivity index (χ3v) is 8.05. The van der Waals surface area contributed by atoms with E-state index < -0.39 is 5.41 Å². The zero-order chi connectivity index (χ0) is 25.9. The summed E-state index contributed by atoms with van der Waals surface area (Å²) in [7, 11) is 3.95. The zero-order valence-electron chi connectivity index (χ0n) is 22.1. The third kappa shape index (κ3) is 6.72. The summed E-state index contributed by atoms with van der Waals surface area (Å²) in [5.74, 6) is 0.695. The predicted molar refractivity (Wildman–Crippen MR) is 145 cm³/mol. The van der Waals surface area contributed by atoms with Gasteiger partial charge in [-0.2, -0.15) is 0 Å². The first kappa shape index (κ1) is 26.9. The number of Topliss-reactive ketones (excluding diaryl/α,β-unsaturated/α-hetero) is 1. The molecule has 1 N–H and O–H groups in total. The molecule has 0 bridgehead atoms. The lowest BCUT2D eigenvalue weighted by molar-refractivity contribution is -0.123. The fourth-order valence-corrected chi connectivity index (χ4v) is 5.36. The second-order valence-corrected chi connectivity index (χ2v) is 12.1. The molecule has 0 saturated heterocycles. The summed E-state index contributed by atoms with van der Waals surface area (Å²) in [4.78, 5) is 41.2. The largest absolute Gasteiger partial charge is 0.378 e. The van der Waals surface area contributed by atoms with Gasteiger partial charge in [0.1, 0.15) is 11.2 Å². The predicted octanol–water partition coefficient (Wildman–Crippen LogP) is 3.14. The summed E-state index contributed by atoms with van der Waals surface area (Å²) in [6.07, 6.45) is 6.57. The number of nitrogens with zero attached hydrogens (tertiary/aromatic N) is 2. The summed E-state index contributed by atoms with van der Waals surface area (Å²) < 4.78 is 2.45. The molecule has 1 heterocycles. The summed E-state index contributed by atoms with van der Waals surface area (Å²) in [5.41, 5.74) is 1.13. The quantitative estimate of drug-likeness (QED) is 0.666. The topological polar surface area (TPSA) is 71.4 Å². The Balaban J connectivity index is 1.98. The van der Waals surface area contributed by atoms with Gasteiger partial charge in [-0.15, -0.1) is 11.3 Å². The van der Waals surface area contributed by atoms with E-state index in [0.29, 0.717) is 21.0 Å². The van der Waals surface area contributed by atoms with Gasteiger partial charge in [0.2, 0.25) is 5.91 Å². The molecule has 3 rings (SSSR count). The molecule has 1 aliphatic carbocycles. The lowest BCUT2D eigenvalue weighted by Crippen LogP contribution is -2.46. The van der Waals surface area contributed by atoms with Crippen LogP contribution >= 0.6 is 11.3 Å². The van der Waals surface area contributed by atoms with E-state index in [1.54, 1.807) is 0 Å². The Kier molecular flexibility index (Phi) is 8.42. The van der Waals surface area contributed by atoms with Crippen molar-refractivity contribution in [1.29, 1.82) is 0 Å². The van der Waals surface area contributed by atoms with Crippen LogP contribution in [-0.2, 0) is 16.1 Å². The van der Waals surface area contributed by atoms with Crippen molar-refractivity contribution in [3.05, 3.63) is 49.4 Å². The van der Waals surface area contributed by atoms with Crippen molar-refractivity contribution in [2.45, 2.75) is 66.5 Å². The first-order valence-corrected chi connectivity index (χ1v) is 13.2. The summed E-state index contributed by atoms with van der Waals surface area (Å²) in [6, 6.07) is 8.02. The molecule has 1 saturated carbocycles. The standard InChI is InChI=1S/C28H39N3O3S/c1-18-9-8-10-22(19(18)2)29-25(33)17-31-26(16-24(32)28(3,4)5)35-23(27(31)34)15-20-11-13-21(14-12-20)30(6)7/h11-16,18-19,22H,8-10,17H2,1-7H3,(H,29,33)/b23-15+,26-16-. The van der Waals surface area contributed by atoms with Crippen LogP contribution in [0, 0.1) is 17.3 Å². The lowest BCUT2D eigenvalue weighted by atomic mass is 9.78. The average molecular weight is 498 g/mol. The van der Waals surface area contributed by atoms with Crippen LogP contribution in [0.3, 0.4) is 0 Å². The van der Waals surface area contributed by atoms with Gasteiger partial charge in [0.25, 0.3) is 5.56 Å². The number of ketones is 1. The molecule has 1 amide bonds. The van der Waals surface area contributed by atoms with Gasteiger partial charge in [0, 0.05) is 37.3 Å². The van der Waals surface area contributed by atoms with Gasteiger partial charge in [-0.1, -0.05) is 59.6 Å². The summed E-state index contributed by atoms with van der Waals surface area (Å²) in [5, 5.41) is 3.15. The molecule has 6 nitrogen and oxygen atoms in total. The van der Waals surface area contributed by atoms with Crippen LogP contribution in [0.4, 0.5) is 5.69 Å². The molecule has 35 heavy (non-hydrogen) atoms. The monoisotopic (exact) mass is 497 g/mol. The molecule has 190 valence electrons. The van der Waals surface area contributed by atoms with Crippen LogP contribution in [0.25, 0.3) is 12.2 Å². The maximum atomic E-state index is 13.4. The van der Waals surface area contributed by atoms with Gasteiger partial charge >= 0.3 is 0 Å². The Bertz CT molecular complexity index is 1230. The molecule has 1 aliphatic rings. The zero-order valence-corrected chi connectivity index (χ0v) is 22.9. The van der Waals surface area contributed by atoms with Gasteiger partial charge in [-0.3, -0.25) is 19.0 Å². The fourth-order valence-electron chi connectivity index (χ4n) is 4.32. The third-order valence-electron chi connectivity index (χ3n) is 6.99. The molecular weight excluding hydrogens is 458 g/mol. The minimum absolute atomic E-state index is 0.0791. The Morgan fingerprint density at radius 1 is 1.14 bits per heavy atom. The van der Waals surface area contributed by atoms with E-state index in [0.717, 1.165) is 24.1 Å². The first-order valence-electron chi connectivity index (χ1n) is 12.4. The minimum atomic E-state index is -0.577. The maximum Gasteiger partial charge on any atom is 0.269 e. The van der Waals surface area contributed by atoms with E-state index in [2.05, 4.69) is 19.2 Å². The highest BCUT2D eigenvalue weighted by Crippen LogP contribution is 2.29. The SMILES string of the molecule is CC1CCCC(NC(=O)Cn2c(=O)/c(=C\c3ccc(N(C)C)cc3)s/c2=C\C(=O)C(C)(C)C)C1C. The fraction of sp³-hybridized carbons (Fsp3) is 0.536. The van der Waals surface area contributed by atoms with Crippen LogP contribution in [0.2, 0.25) is 0 Å². The van der Waals surface area contributed by atoms with E-state index in [-0.39, 0.29) is 29.8 Å². The first-order chi connectivity index (χ1) is 16.4. The number of carbonyl (C=O) groups is 2. The van der Waals surface area contributed by atoms with Gasteiger partial charge in [0.05, 0.1) is 4.53 Å². The Labute approximate surface area is 212 Å². The van der Waals surface area contributed by atoms with Crippen LogP contribution in [0.15, 0.2) is 29.1 Å². The van der Waals surface area contributed by atoms with Gasteiger partial charge < -0.3 is 10.2 Å². The van der Waals surface area contributed by atoms with E-state index in [1.807, 2.05) is 70.1 Å². The average Bonchev–Trinajstić information content (AvgIpc) is 3.05. The van der Waals surface area contributed by atoms with Crippen LogP contribution < -0.4 is 25.0 Å². The van der Waals surface area contributed by atoms with Gasteiger partial charge in [0.15, 0.2) is 5.78 Å². The molecule has 0 aliphatic heterocycles. The lowest BCUT2D eigenvalue weighted by Gasteiger charge is -2.34. The second kappa shape index (κ2) is 10.9. The normalized spacial score (nSPS) is 21.7. The van der Waals surface area contributed by atoms with Crippen molar-refractivity contribution in [2.24, 2.45) is 17.3 Å². The highest BCUT2D eigenvalue weighted by atomic mass is 32.1. The van der Waals surface area contributed by atoms with E-state index in [1.165, 1.54) is 28.4 Å². The van der Waals surface area contributed by atoms with Crippen LogP contribution in [0.5, 0.6) is 0 Å². The molecule has 3 atom stereocenters. The summed E-state index contributed by atoms with van der Waals surface area (Å²) in [6.45, 7) is 9.86. The Morgan fingerprint density at radius 3 is 2.40 bits per heavy atom. The molecule has 1 aromatic carbocycles. The minimum Gasteiger partial charge on any atom is -0.378 e. The van der Waals surface area contributed by atoms with Crippen molar-refractivity contribution >= 4 is 40.9 Å². The maximum absolute atomic E-state index is 13.4. The molecule has 1 fully saturated rings. The van der Waals surface area contributed by atoms with Crippen molar-refractivity contribution in [1.82, 2.24) is 9.88 Å². The van der Waals surface area contributed by atoms with Gasteiger partial charge in [-0.05, 0) is 42.0 Å². The number of anilines is 1. The van der Waals surface area contributed by atoms with Crippen molar-refractivity contribution < 1.29 is 9.59 Å². The number of thiazole rings is 1. The molecule has 2 aromatic rings. The van der Waals surface area contributed by atoms with Crippen molar-refractivity contribution in [2.75, 3.05) is 19.0 Å². The number of carbonyl (C=O) groups excluding carboxylic acids is 2. The van der Waals surface area contributed by atoms with E-state index in [9.17, 15) is 14.4 Å². The second-order valence-electron chi connectivity index (χ2n) is 11.0. The number of benzene rings is 1. The van der Waals surface area contributed by atoms with Crippen LogP contribution in [-0.4, -0.2) is 36.4 Å². The van der Waals surface area contributed by atoms with Crippen LogP contribution in [0.1, 0.15) is 59.4 Å². The highest BCUT2D eigenvalue weighted by molar-refractivity contribution is 7.07. The number of rotatable bonds is 6. The number of hydrogen-bond acceptors (Lipinski definition) is 5. The molecule has 7 heteroatoms. The molecule has 1 aromatic heterocycles. The molecular formula is C28H39N3O3S. The number of nitrogens with one attached hydrogen (secondary N) is 1. The smallest absolute Gasteiger partial charge is 0.269 e. The van der Waals surface area contributed by atoms with Crippen molar-refractivity contribution in [3.8, 4) is 0 Å². The highest BCUT2D eigenvalue weighted by Gasteiger charge is 2.28. The van der Waals surface area contributed by atoms with E-state index >= 15 is 0 Å². The van der Waals surface area contributed by atoms with E-state index in [4.69, 9.17) is 0 Å². The van der Waals surface area contributed by atoms with Crippen molar-refractivity contribution in [3.63, 3.8) is 0 Å². The van der Waals surface area contributed by atoms with Gasteiger partial charge in [-0.25, -0.2) is 0 Å². The molecule has 3 unspecified atom stereocenters. The number of amides is 1. The Hall–Kier alpha value is -2.67. The molecule has 0 radical (unpaired) electrons. The molecule has 0 spiro atoms. The Morgan fingerprint density at radius 2 is 1.80 bits per heavy atom. The number of aromatic nitrogens is 1.